The van der Waals surface area contributed by atoms with Crippen LogP contribution in [-0.2, 0) is 4.79 Å². The summed E-state index contributed by atoms with van der Waals surface area (Å²) >= 11 is 0. The van der Waals surface area contributed by atoms with Gasteiger partial charge < -0.3 is 0 Å². The van der Waals surface area contributed by atoms with E-state index in [0.717, 1.165) is 12.8 Å². The van der Waals surface area contributed by atoms with Crippen molar-refractivity contribution in [2.24, 2.45) is 5.92 Å². The van der Waals surface area contributed by atoms with Crippen LogP contribution in [0.25, 0.3) is 0 Å². The van der Waals surface area contributed by atoms with Crippen LogP contribution in [0, 0.1) is 5.92 Å². The molecule has 1 nitrogen and oxygen atoms in total. The van der Waals surface area contributed by atoms with Gasteiger partial charge in [0.25, 0.3) is 0 Å². The normalized spacial score (nSPS) is 13.1. The fraction of sp³-hybridized carbons (Fsp3) is 0.750. The minimum atomic E-state index is 0.172. The molecule has 0 aromatic carbocycles. The van der Waals surface area contributed by atoms with Crippen LogP contribution in [-0.4, -0.2) is 5.78 Å². The van der Waals surface area contributed by atoms with Gasteiger partial charge in [-0.1, -0.05) is 38.8 Å². The molecule has 0 saturated carbocycles. The van der Waals surface area contributed by atoms with Crippen molar-refractivity contribution < 1.29 is 4.79 Å². The number of Topliss-reactive ketones (excluding diaryl/α,β-unsaturated/α-hetero) is 1. The number of hydrogen-bond donors (Lipinski definition) is 0. The first-order chi connectivity index (χ1) is 6.02. The van der Waals surface area contributed by atoms with E-state index in [0.29, 0.717) is 12.2 Å². The van der Waals surface area contributed by atoms with Gasteiger partial charge in [0.1, 0.15) is 5.78 Å². The minimum absolute atomic E-state index is 0.172. The number of carbonyl (C=O) groups excluding carboxylic acids is 1. The smallest absolute Gasteiger partial charge is 0.139 e. The van der Waals surface area contributed by atoms with E-state index in [2.05, 4.69) is 20.8 Å². The molecule has 1 heteroatoms. The van der Waals surface area contributed by atoms with E-state index in [1.807, 2.05) is 13.8 Å². The first kappa shape index (κ1) is 12.4. The largest absolute Gasteiger partial charge is 0.299 e. The van der Waals surface area contributed by atoms with Gasteiger partial charge >= 0.3 is 0 Å². The molecule has 13 heavy (non-hydrogen) atoms. The van der Waals surface area contributed by atoms with E-state index in [1.54, 1.807) is 0 Å². The Bertz CT molecular complexity index is 199. The maximum Gasteiger partial charge on any atom is 0.139 e. The van der Waals surface area contributed by atoms with Gasteiger partial charge in [-0.15, -0.1) is 0 Å². The lowest BCUT2D eigenvalue weighted by Gasteiger charge is -2.10. The highest BCUT2D eigenvalue weighted by Gasteiger charge is 2.10. The standard InChI is InChI=1S/C12H22O/c1-6-10(5)11(7-2)8-12(13)9(3)4/h9H,6-8H2,1-5H3/b11-10+. The molecule has 0 bridgehead atoms. The number of hydrogen-bond acceptors (Lipinski definition) is 1. The van der Waals surface area contributed by atoms with Crippen molar-refractivity contribution in [3.05, 3.63) is 11.1 Å². The second kappa shape index (κ2) is 5.95. The van der Waals surface area contributed by atoms with E-state index < -0.39 is 0 Å². The van der Waals surface area contributed by atoms with Crippen molar-refractivity contribution in [1.82, 2.24) is 0 Å². The quantitative estimate of drug-likeness (QED) is 0.592. The predicted molar refractivity (Wildman–Crippen MR) is 57.7 cm³/mol. The highest BCUT2D eigenvalue weighted by atomic mass is 16.1. The van der Waals surface area contributed by atoms with Crippen LogP contribution in [0.4, 0.5) is 0 Å². The molecule has 0 aliphatic rings. The molecule has 0 aliphatic carbocycles. The van der Waals surface area contributed by atoms with Crippen LogP contribution in [0.5, 0.6) is 0 Å². The van der Waals surface area contributed by atoms with Crippen LogP contribution in [0.2, 0.25) is 0 Å². The molecule has 0 aromatic rings. The molecule has 76 valence electrons. The third-order valence-corrected chi connectivity index (χ3v) is 2.59. The summed E-state index contributed by atoms with van der Waals surface area (Å²) in [6.07, 6.45) is 2.74. The second-order valence-electron chi connectivity index (χ2n) is 3.89. The first-order valence-electron chi connectivity index (χ1n) is 5.23. The van der Waals surface area contributed by atoms with Crippen molar-refractivity contribution in [2.75, 3.05) is 0 Å². The Hall–Kier alpha value is -0.590. The van der Waals surface area contributed by atoms with Gasteiger partial charge in [-0.2, -0.15) is 0 Å². The lowest BCUT2D eigenvalue weighted by molar-refractivity contribution is -0.121. The lowest BCUT2D eigenvalue weighted by atomic mass is 9.95. The predicted octanol–water partition coefficient (Wildman–Crippen LogP) is 3.74. The molecule has 0 rings (SSSR count). The van der Waals surface area contributed by atoms with Crippen LogP contribution < -0.4 is 0 Å². The zero-order valence-electron chi connectivity index (χ0n) is 9.61. The first-order valence-corrected chi connectivity index (χ1v) is 5.23. The summed E-state index contributed by atoms with van der Waals surface area (Å²) in [6.45, 7) is 10.3. The zero-order valence-corrected chi connectivity index (χ0v) is 9.61. The van der Waals surface area contributed by atoms with Crippen LogP contribution in [0.15, 0.2) is 11.1 Å². The third-order valence-electron chi connectivity index (χ3n) is 2.59. The summed E-state index contributed by atoms with van der Waals surface area (Å²) in [7, 11) is 0. The lowest BCUT2D eigenvalue weighted by Crippen LogP contribution is -2.08. The SMILES string of the molecule is CC/C(C)=C(\CC)CC(=O)C(C)C. The molecule has 0 fully saturated rings. The Balaban J connectivity index is 4.38. The molecule has 0 spiro atoms. The summed E-state index contributed by atoms with van der Waals surface area (Å²) in [6, 6.07) is 0. The molecule has 0 amide bonds. The number of allylic oxidation sites excluding steroid dienone is 2. The van der Waals surface area contributed by atoms with Crippen molar-refractivity contribution in [3.8, 4) is 0 Å². The molecule has 0 aromatic heterocycles. The Morgan fingerprint density at radius 3 is 2.00 bits per heavy atom. The van der Waals surface area contributed by atoms with Gasteiger partial charge in [0.2, 0.25) is 0 Å². The Morgan fingerprint density at radius 2 is 1.69 bits per heavy atom. The van der Waals surface area contributed by atoms with Crippen molar-refractivity contribution in [3.63, 3.8) is 0 Å². The molecule has 0 atom stereocenters. The summed E-state index contributed by atoms with van der Waals surface area (Å²) in [5, 5.41) is 0. The number of rotatable bonds is 5. The maximum absolute atomic E-state index is 11.5. The van der Waals surface area contributed by atoms with Gasteiger partial charge in [-0.3, -0.25) is 4.79 Å². The summed E-state index contributed by atoms with van der Waals surface area (Å²) in [5.41, 5.74) is 2.72. The van der Waals surface area contributed by atoms with Gasteiger partial charge in [-0.05, 0) is 19.8 Å². The van der Waals surface area contributed by atoms with Crippen molar-refractivity contribution in [2.45, 2.75) is 53.9 Å². The minimum Gasteiger partial charge on any atom is -0.299 e. The van der Waals surface area contributed by atoms with Gasteiger partial charge in [-0.25, -0.2) is 0 Å². The van der Waals surface area contributed by atoms with Crippen LogP contribution in [0.3, 0.4) is 0 Å². The van der Waals surface area contributed by atoms with Gasteiger partial charge in [0, 0.05) is 12.3 Å². The topological polar surface area (TPSA) is 17.1 Å². The Morgan fingerprint density at radius 1 is 1.15 bits per heavy atom. The fourth-order valence-electron chi connectivity index (χ4n) is 1.24. The average Bonchev–Trinajstić information content (AvgIpc) is 2.12. The number of carbonyl (C=O) groups is 1. The Labute approximate surface area is 82.2 Å². The molecule has 0 aliphatic heterocycles. The monoisotopic (exact) mass is 182 g/mol. The van der Waals surface area contributed by atoms with Crippen LogP contribution in [0.1, 0.15) is 53.9 Å². The number of ketones is 1. The Kier molecular flexibility index (Phi) is 5.68. The fourth-order valence-corrected chi connectivity index (χ4v) is 1.24. The van der Waals surface area contributed by atoms with Crippen molar-refractivity contribution >= 4 is 5.78 Å². The summed E-state index contributed by atoms with van der Waals surface area (Å²) in [5.74, 6) is 0.538. The van der Waals surface area contributed by atoms with Gasteiger partial charge in [0.05, 0.1) is 0 Å². The van der Waals surface area contributed by atoms with Gasteiger partial charge in [0.15, 0.2) is 0 Å². The van der Waals surface area contributed by atoms with E-state index in [1.165, 1.54) is 11.1 Å². The van der Waals surface area contributed by atoms with E-state index in [9.17, 15) is 4.79 Å². The summed E-state index contributed by atoms with van der Waals surface area (Å²) < 4.78 is 0. The highest BCUT2D eigenvalue weighted by Crippen LogP contribution is 2.17. The molecule has 0 radical (unpaired) electrons. The van der Waals surface area contributed by atoms with E-state index in [-0.39, 0.29) is 5.92 Å². The molecular weight excluding hydrogens is 160 g/mol. The average molecular weight is 182 g/mol. The highest BCUT2D eigenvalue weighted by molar-refractivity contribution is 5.82. The maximum atomic E-state index is 11.5. The second-order valence-corrected chi connectivity index (χ2v) is 3.89. The molecular formula is C12H22O. The molecule has 0 unspecified atom stereocenters. The molecule has 0 N–H and O–H groups in total. The zero-order chi connectivity index (χ0) is 10.4. The molecule has 0 saturated heterocycles. The van der Waals surface area contributed by atoms with E-state index >= 15 is 0 Å². The summed E-state index contributed by atoms with van der Waals surface area (Å²) in [4.78, 5) is 11.5. The van der Waals surface area contributed by atoms with E-state index in [4.69, 9.17) is 0 Å². The van der Waals surface area contributed by atoms with Crippen molar-refractivity contribution in [1.29, 1.82) is 0 Å². The third kappa shape index (κ3) is 4.25. The molecule has 0 heterocycles. The van der Waals surface area contributed by atoms with Crippen LogP contribution >= 0.6 is 0 Å².